The molecule has 8 rings (SSSR count). The van der Waals surface area contributed by atoms with Gasteiger partial charge in [0.2, 0.25) is 5.91 Å². The van der Waals surface area contributed by atoms with Crippen LogP contribution in [0.25, 0.3) is 22.3 Å². The number of piperidine rings is 1. The molecule has 3 aliphatic rings. The number of urea groups is 1. The molecule has 1 aromatic carbocycles. The highest BCUT2D eigenvalue weighted by atomic mass is 32.2. The average molecular weight is 739 g/mol. The molecule has 5 aromatic rings. The van der Waals surface area contributed by atoms with E-state index in [-0.39, 0.29) is 23.2 Å². The molecule has 2 N–H and O–H groups in total. The lowest BCUT2D eigenvalue weighted by molar-refractivity contribution is -0.120. The number of fused-ring (bicyclic) bond motifs is 1. The third-order valence-corrected chi connectivity index (χ3v) is 12.1. The van der Waals surface area contributed by atoms with Gasteiger partial charge in [-0.05, 0) is 70.3 Å². The molecule has 0 bridgehead atoms. The number of hydrogen-bond donors (Lipinski definition) is 2. The zero-order chi connectivity index (χ0) is 36.9. The van der Waals surface area contributed by atoms with Crippen molar-refractivity contribution in [3.63, 3.8) is 0 Å². The van der Waals surface area contributed by atoms with Crippen LogP contribution in [0, 0.1) is 0 Å². The van der Waals surface area contributed by atoms with Crippen LogP contribution in [0.1, 0.15) is 57.6 Å². The van der Waals surface area contributed by atoms with Gasteiger partial charge in [0.1, 0.15) is 11.6 Å². The van der Waals surface area contributed by atoms with E-state index >= 15 is 0 Å². The molecule has 3 fully saturated rings. The maximum absolute atomic E-state index is 12.6. The molecular formula is C36H42N12O4S. The molecule has 16 nitrogen and oxygen atoms in total. The van der Waals surface area contributed by atoms with Crippen LogP contribution in [0.4, 0.5) is 27.9 Å². The predicted octanol–water partition coefficient (Wildman–Crippen LogP) is 4.30. The number of carbonyl (C=O) groups is 2. The molecule has 276 valence electrons. The van der Waals surface area contributed by atoms with E-state index in [1.54, 1.807) is 17.2 Å². The maximum atomic E-state index is 12.6. The van der Waals surface area contributed by atoms with Crippen molar-refractivity contribution in [1.29, 1.82) is 0 Å². The van der Waals surface area contributed by atoms with Crippen molar-refractivity contribution >= 4 is 56.0 Å². The first-order valence-corrected chi connectivity index (χ1v) is 19.5. The van der Waals surface area contributed by atoms with E-state index in [9.17, 15) is 18.0 Å². The second-order valence-corrected chi connectivity index (χ2v) is 16.3. The number of hydrogen-bond acceptors (Lipinski definition) is 12. The van der Waals surface area contributed by atoms with Crippen LogP contribution in [-0.4, -0.2) is 97.1 Å². The number of rotatable bonds is 11. The number of benzene rings is 1. The van der Waals surface area contributed by atoms with E-state index in [0.29, 0.717) is 54.9 Å². The summed E-state index contributed by atoms with van der Waals surface area (Å²) in [4.78, 5) is 44.0. The first kappa shape index (κ1) is 34.7. The van der Waals surface area contributed by atoms with Crippen LogP contribution in [-0.2, 0) is 21.4 Å². The number of carbonyl (C=O) groups excluding carboxylic acids is 2. The number of anilines is 4. The van der Waals surface area contributed by atoms with Gasteiger partial charge in [0, 0.05) is 68.8 Å². The lowest BCUT2D eigenvalue weighted by Crippen LogP contribution is -2.49. The molecule has 1 saturated carbocycles. The van der Waals surface area contributed by atoms with E-state index in [1.165, 1.54) is 12.4 Å². The Hall–Kier alpha value is -5.42. The Labute approximate surface area is 307 Å². The van der Waals surface area contributed by atoms with Crippen molar-refractivity contribution in [3.05, 3.63) is 66.7 Å². The number of nitrogens with zero attached hydrogens (tertiary/aromatic N) is 10. The van der Waals surface area contributed by atoms with Gasteiger partial charge in [-0.2, -0.15) is 14.3 Å². The van der Waals surface area contributed by atoms with Gasteiger partial charge in [0.05, 0.1) is 34.1 Å². The van der Waals surface area contributed by atoms with Crippen molar-refractivity contribution in [2.75, 3.05) is 41.8 Å². The van der Waals surface area contributed by atoms with Gasteiger partial charge >= 0.3 is 6.03 Å². The Morgan fingerprint density at radius 1 is 1.00 bits per heavy atom. The third kappa shape index (κ3) is 7.05. The van der Waals surface area contributed by atoms with E-state index in [0.717, 1.165) is 64.5 Å². The normalized spacial score (nSPS) is 17.3. The number of pyridine rings is 1. The lowest BCUT2D eigenvalue weighted by atomic mass is 10.0. The number of imide groups is 1. The quantitative estimate of drug-likeness (QED) is 0.197. The molecule has 0 atom stereocenters. The maximum Gasteiger partial charge on any atom is 0.328 e. The summed E-state index contributed by atoms with van der Waals surface area (Å²) in [5.41, 5.74) is 3.38. The van der Waals surface area contributed by atoms with Crippen LogP contribution >= 0.6 is 0 Å². The fraction of sp³-hybridized carbons (Fsp3) is 0.417. The molecule has 2 saturated heterocycles. The Bertz CT molecular complexity index is 2290. The van der Waals surface area contributed by atoms with Gasteiger partial charge in [0.15, 0.2) is 11.6 Å². The average Bonchev–Trinajstić information content (AvgIpc) is 3.77. The first-order chi connectivity index (χ1) is 25.5. The number of amides is 3. The van der Waals surface area contributed by atoms with E-state index in [4.69, 9.17) is 10.1 Å². The molecule has 2 aliphatic heterocycles. The van der Waals surface area contributed by atoms with E-state index in [1.807, 2.05) is 35.1 Å². The highest BCUT2D eigenvalue weighted by Crippen LogP contribution is 2.33. The topological polar surface area (TPSA) is 176 Å². The van der Waals surface area contributed by atoms with Gasteiger partial charge in [-0.15, -0.1) is 0 Å². The van der Waals surface area contributed by atoms with Gasteiger partial charge in [0.25, 0.3) is 10.0 Å². The smallest absolute Gasteiger partial charge is 0.328 e. The minimum atomic E-state index is -3.48. The SMILES string of the molecule is CC(C)n1nc(N2CCC(N(C)Cc3cccc(N4CCC(=O)NC4=O)c3)CC2)c2cnc(Nc3ccnc(-c4cnn(S(=O)(=O)C5CC5)c4)n3)cc21. The Morgan fingerprint density at radius 2 is 1.81 bits per heavy atom. The molecule has 0 spiro atoms. The van der Waals surface area contributed by atoms with Crippen LogP contribution in [0.3, 0.4) is 0 Å². The molecule has 0 radical (unpaired) electrons. The van der Waals surface area contributed by atoms with Crippen LogP contribution in [0.15, 0.2) is 61.2 Å². The summed E-state index contributed by atoms with van der Waals surface area (Å²) in [6.45, 7) is 7.05. The predicted molar refractivity (Wildman–Crippen MR) is 200 cm³/mol. The molecule has 0 unspecified atom stereocenters. The highest BCUT2D eigenvalue weighted by Gasteiger charge is 2.38. The number of aromatic nitrogens is 7. The Morgan fingerprint density at radius 3 is 2.57 bits per heavy atom. The first-order valence-electron chi connectivity index (χ1n) is 18.0. The van der Waals surface area contributed by atoms with E-state index in [2.05, 4.69) is 62.5 Å². The fourth-order valence-electron chi connectivity index (χ4n) is 7.06. The molecule has 6 heterocycles. The minimum Gasteiger partial charge on any atom is -0.354 e. The Kier molecular flexibility index (Phi) is 9.06. The van der Waals surface area contributed by atoms with E-state index < -0.39 is 10.0 Å². The molecule has 1 aliphatic carbocycles. The minimum absolute atomic E-state index is 0.117. The zero-order valence-electron chi connectivity index (χ0n) is 29.9. The molecule has 3 amide bonds. The second kappa shape index (κ2) is 13.9. The van der Waals surface area contributed by atoms with Crippen LogP contribution in [0.5, 0.6) is 0 Å². The van der Waals surface area contributed by atoms with Gasteiger partial charge in [-0.25, -0.2) is 28.2 Å². The Balaban J connectivity index is 0.936. The van der Waals surface area contributed by atoms with Gasteiger partial charge in [-0.3, -0.25) is 24.6 Å². The lowest BCUT2D eigenvalue weighted by Gasteiger charge is -2.37. The van der Waals surface area contributed by atoms with Crippen LogP contribution < -0.4 is 20.4 Å². The largest absolute Gasteiger partial charge is 0.354 e. The van der Waals surface area contributed by atoms with Gasteiger partial charge < -0.3 is 10.2 Å². The van der Waals surface area contributed by atoms with Crippen LogP contribution in [0.2, 0.25) is 0 Å². The zero-order valence-corrected chi connectivity index (χ0v) is 30.7. The summed E-state index contributed by atoms with van der Waals surface area (Å²) in [6, 6.07) is 11.8. The van der Waals surface area contributed by atoms with Crippen molar-refractivity contribution in [2.45, 2.75) is 69.8 Å². The van der Waals surface area contributed by atoms with Crippen molar-refractivity contribution in [2.24, 2.45) is 0 Å². The van der Waals surface area contributed by atoms with Crippen molar-refractivity contribution in [1.82, 2.24) is 44.1 Å². The summed E-state index contributed by atoms with van der Waals surface area (Å²) in [5.74, 6) is 2.15. The summed E-state index contributed by atoms with van der Waals surface area (Å²) < 4.78 is 28.3. The molecule has 17 heteroatoms. The molecule has 4 aromatic heterocycles. The number of nitrogens with one attached hydrogen (secondary N) is 2. The second-order valence-electron chi connectivity index (χ2n) is 14.2. The van der Waals surface area contributed by atoms with Gasteiger partial charge in [-0.1, -0.05) is 12.1 Å². The summed E-state index contributed by atoms with van der Waals surface area (Å²) in [5, 5.41) is 15.4. The fourth-order valence-corrected chi connectivity index (χ4v) is 8.53. The standard InChI is InChI=1S/C36H42N12O4S/c1-23(2)48-30-18-32(40-31-9-13-37-34(41-31)25-19-39-47(22-25)53(51,52)28-7-8-28)38-20-29(30)35(43-48)45-14-10-26(11-15-45)44(3)21-24-5-4-6-27(17-24)46-16-12-33(49)42-36(46)50/h4-6,9,13,17-20,22-23,26,28H,7-8,10-12,14-16,21H2,1-3H3,(H,42,49,50)(H,37,38,40,41). The van der Waals surface area contributed by atoms with Crippen molar-refractivity contribution in [3.8, 4) is 11.4 Å². The summed E-state index contributed by atoms with van der Waals surface area (Å²) in [6.07, 6.45) is 9.95. The highest BCUT2D eigenvalue weighted by molar-refractivity contribution is 7.90. The third-order valence-electron chi connectivity index (χ3n) is 10.1. The molecule has 53 heavy (non-hydrogen) atoms. The summed E-state index contributed by atoms with van der Waals surface area (Å²) in [7, 11) is -1.34. The monoisotopic (exact) mass is 738 g/mol. The van der Waals surface area contributed by atoms with Crippen molar-refractivity contribution < 1.29 is 18.0 Å². The summed E-state index contributed by atoms with van der Waals surface area (Å²) >= 11 is 0. The molecular weight excluding hydrogens is 697 g/mol.